The molecule has 0 radical (unpaired) electrons. The summed E-state index contributed by atoms with van der Waals surface area (Å²) in [6, 6.07) is 3.13. The molecule has 0 unspecified atom stereocenters. The lowest BCUT2D eigenvalue weighted by molar-refractivity contribution is 0.0724. The van der Waals surface area contributed by atoms with Crippen LogP contribution in [0.5, 0.6) is 11.5 Å². The number of phenols is 2. The third kappa shape index (κ3) is 10.0. The first-order valence-corrected chi connectivity index (χ1v) is 11.0. The number of hydrogen-bond donors (Lipinski definition) is 4. The quantitative estimate of drug-likeness (QED) is 0.256. The van der Waals surface area contributed by atoms with Crippen LogP contribution in [0.25, 0.3) is 0 Å². The molecule has 0 aliphatic rings. The van der Waals surface area contributed by atoms with Crippen molar-refractivity contribution >= 4 is 0 Å². The van der Waals surface area contributed by atoms with Gasteiger partial charge in [0.2, 0.25) is 0 Å². The second kappa shape index (κ2) is 13.2. The molecular formula is C27H40O4. The summed E-state index contributed by atoms with van der Waals surface area (Å²) < 4.78 is 0. The second-order valence-corrected chi connectivity index (χ2v) is 8.78. The van der Waals surface area contributed by atoms with Crippen molar-refractivity contribution in [3.8, 4) is 11.5 Å². The Hall–Kier alpha value is -2.30. The van der Waals surface area contributed by atoms with Crippen LogP contribution in [-0.2, 0) is 6.42 Å². The van der Waals surface area contributed by atoms with Crippen molar-refractivity contribution in [3.63, 3.8) is 0 Å². The molecule has 172 valence electrons. The molecule has 0 amide bonds. The van der Waals surface area contributed by atoms with Gasteiger partial charge >= 0.3 is 0 Å². The molecule has 0 heterocycles. The monoisotopic (exact) mass is 428 g/mol. The van der Waals surface area contributed by atoms with Gasteiger partial charge in [-0.3, -0.25) is 0 Å². The zero-order chi connectivity index (χ0) is 23.6. The van der Waals surface area contributed by atoms with Crippen LogP contribution in [0.3, 0.4) is 0 Å². The highest BCUT2D eigenvalue weighted by atomic mass is 16.3. The summed E-state index contributed by atoms with van der Waals surface area (Å²) in [6.45, 7) is 11.8. The molecule has 0 bridgehead atoms. The first kappa shape index (κ1) is 26.7. The number of rotatable bonds is 11. The SMILES string of the molecule is CC(C)=CCC/C(C)=C/[C@H](O)[C@@H](O)/C(C)=C/CC/C(C)=C/Cc1cc(O)cc(C)c1O. The van der Waals surface area contributed by atoms with Gasteiger partial charge in [0.1, 0.15) is 23.7 Å². The summed E-state index contributed by atoms with van der Waals surface area (Å²) in [6.07, 6.45) is 10.0. The number of aryl methyl sites for hydroxylation is 1. The maximum Gasteiger partial charge on any atom is 0.122 e. The summed E-state index contributed by atoms with van der Waals surface area (Å²) >= 11 is 0. The third-order valence-electron chi connectivity index (χ3n) is 5.38. The zero-order valence-electron chi connectivity index (χ0n) is 19.9. The Balaban J connectivity index is 2.58. The van der Waals surface area contributed by atoms with E-state index in [9.17, 15) is 20.4 Å². The average molecular weight is 429 g/mol. The van der Waals surface area contributed by atoms with Gasteiger partial charge in [-0.1, -0.05) is 41.0 Å². The van der Waals surface area contributed by atoms with E-state index in [0.717, 1.165) is 42.4 Å². The standard InChI is InChI=1S/C27H40O4/c1-18(2)9-7-11-20(4)15-25(29)27(31)21(5)12-8-10-19(3)13-14-23-17-24(28)16-22(6)26(23)30/h9,12-13,15-17,25,27-31H,7-8,10-11,14H2,1-6H3/b19-13+,20-15+,21-12+/t25-,27-/m0/s1. The Morgan fingerprint density at radius 3 is 2.13 bits per heavy atom. The molecule has 1 aromatic rings. The zero-order valence-corrected chi connectivity index (χ0v) is 19.9. The van der Waals surface area contributed by atoms with Crippen LogP contribution in [0.2, 0.25) is 0 Å². The summed E-state index contributed by atoms with van der Waals surface area (Å²) in [5.41, 5.74) is 5.64. The van der Waals surface area contributed by atoms with Gasteiger partial charge < -0.3 is 20.4 Å². The normalized spacial score (nSPS) is 15.0. The number of aliphatic hydroxyl groups excluding tert-OH is 2. The average Bonchev–Trinajstić information content (AvgIpc) is 2.68. The Morgan fingerprint density at radius 1 is 0.871 bits per heavy atom. The predicted octanol–water partition coefficient (Wildman–Crippen LogP) is 6.04. The van der Waals surface area contributed by atoms with E-state index >= 15 is 0 Å². The summed E-state index contributed by atoms with van der Waals surface area (Å²) in [5, 5.41) is 40.6. The van der Waals surface area contributed by atoms with Crippen LogP contribution >= 0.6 is 0 Å². The molecule has 2 atom stereocenters. The molecule has 0 aromatic heterocycles. The van der Waals surface area contributed by atoms with E-state index in [-0.39, 0.29) is 11.5 Å². The Bertz CT molecular complexity index is 839. The first-order valence-electron chi connectivity index (χ1n) is 11.0. The van der Waals surface area contributed by atoms with Gasteiger partial charge in [0, 0.05) is 5.56 Å². The van der Waals surface area contributed by atoms with Gasteiger partial charge in [-0.25, -0.2) is 0 Å². The third-order valence-corrected chi connectivity index (χ3v) is 5.38. The summed E-state index contributed by atoms with van der Waals surface area (Å²) in [5.74, 6) is 0.377. The summed E-state index contributed by atoms with van der Waals surface area (Å²) in [4.78, 5) is 0. The number of benzene rings is 1. The second-order valence-electron chi connectivity index (χ2n) is 8.78. The van der Waals surface area contributed by atoms with E-state index in [1.54, 1.807) is 25.1 Å². The molecule has 0 spiro atoms. The molecule has 1 aromatic carbocycles. The molecular weight excluding hydrogens is 388 g/mol. The minimum atomic E-state index is -0.907. The minimum absolute atomic E-state index is 0.156. The van der Waals surface area contributed by atoms with E-state index in [1.165, 1.54) is 5.57 Å². The molecule has 1 rings (SSSR count). The lowest BCUT2D eigenvalue weighted by atomic mass is 9.99. The van der Waals surface area contributed by atoms with Crippen molar-refractivity contribution in [3.05, 3.63) is 69.9 Å². The van der Waals surface area contributed by atoms with Crippen LogP contribution in [0.4, 0.5) is 0 Å². The number of allylic oxidation sites excluding steroid dienone is 6. The molecule has 4 N–H and O–H groups in total. The fraction of sp³-hybridized carbons (Fsp3) is 0.481. The highest BCUT2D eigenvalue weighted by Gasteiger charge is 2.15. The van der Waals surface area contributed by atoms with E-state index in [1.807, 2.05) is 32.9 Å². The van der Waals surface area contributed by atoms with E-state index in [0.29, 0.717) is 17.5 Å². The van der Waals surface area contributed by atoms with Crippen LogP contribution in [0.1, 0.15) is 71.4 Å². The molecule has 0 fully saturated rings. The molecule has 4 nitrogen and oxygen atoms in total. The highest BCUT2D eigenvalue weighted by Crippen LogP contribution is 2.28. The Morgan fingerprint density at radius 2 is 1.48 bits per heavy atom. The van der Waals surface area contributed by atoms with Gasteiger partial charge in [-0.05, 0) is 96.9 Å². The van der Waals surface area contributed by atoms with E-state index < -0.39 is 12.2 Å². The van der Waals surface area contributed by atoms with Gasteiger partial charge in [0.25, 0.3) is 0 Å². The summed E-state index contributed by atoms with van der Waals surface area (Å²) in [7, 11) is 0. The Kier molecular flexibility index (Phi) is 11.4. The van der Waals surface area contributed by atoms with Crippen molar-refractivity contribution in [2.24, 2.45) is 0 Å². The largest absolute Gasteiger partial charge is 0.508 e. The first-order chi connectivity index (χ1) is 14.5. The highest BCUT2D eigenvalue weighted by molar-refractivity contribution is 5.46. The van der Waals surface area contributed by atoms with Gasteiger partial charge in [0.15, 0.2) is 0 Å². The molecule has 31 heavy (non-hydrogen) atoms. The van der Waals surface area contributed by atoms with Crippen molar-refractivity contribution < 1.29 is 20.4 Å². The van der Waals surface area contributed by atoms with Gasteiger partial charge in [-0.2, -0.15) is 0 Å². The topological polar surface area (TPSA) is 80.9 Å². The van der Waals surface area contributed by atoms with Crippen molar-refractivity contribution in [2.75, 3.05) is 0 Å². The smallest absolute Gasteiger partial charge is 0.122 e. The molecule has 0 saturated carbocycles. The van der Waals surface area contributed by atoms with Crippen molar-refractivity contribution in [1.29, 1.82) is 0 Å². The van der Waals surface area contributed by atoms with Gasteiger partial charge in [0.05, 0.1) is 0 Å². The van der Waals surface area contributed by atoms with Crippen LogP contribution in [0, 0.1) is 6.92 Å². The lowest BCUT2D eigenvalue weighted by Crippen LogP contribution is -2.25. The Labute approximate surface area is 188 Å². The van der Waals surface area contributed by atoms with Crippen LogP contribution < -0.4 is 0 Å². The van der Waals surface area contributed by atoms with Gasteiger partial charge in [-0.15, -0.1) is 0 Å². The number of hydrogen-bond acceptors (Lipinski definition) is 4. The molecule has 0 saturated heterocycles. The van der Waals surface area contributed by atoms with E-state index in [2.05, 4.69) is 19.9 Å². The maximum atomic E-state index is 10.4. The molecule has 4 heteroatoms. The van der Waals surface area contributed by atoms with Crippen molar-refractivity contribution in [1.82, 2.24) is 0 Å². The van der Waals surface area contributed by atoms with Crippen LogP contribution in [-0.4, -0.2) is 32.6 Å². The lowest BCUT2D eigenvalue weighted by Gasteiger charge is -2.17. The minimum Gasteiger partial charge on any atom is -0.508 e. The fourth-order valence-corrected chi connectivity index (χ4v) is 3.35. The van der Waals surface area contributed by atoms with E-state index in [4.69, 9.17) is 0 Å². The molecule has 0 aliphatic heterocycles. The molecule has 0 aliphatic carbocycles. The maximum absolute atomic E-state index is 10.4. The fourth-order valence-electron chi connectivity index (χ4n) is 3.35. The predicted molar refractivity (Wildman–Crippen MR) is 129 cm³/mol. The number of aromatic hydroxyl groups is 2. The number of aliphatic hydroxyl groups is 2. The van der Waals surface area contributed by atoms with Crippen LogP contribution in [0.15, 0.2) is 58.7 Å². The number of phenolic OH excluding ortho intramolecular Hbond substituents is 2. The van der Waals surface area contributed by atoms with Crippen molar-refractivity contribution in [2.45, 2.75) is 85.9 Å².